The molecule has 8 nitrogen and oxygen atoms in total. The molecule has 0 fully saturated rings. The second kappa shape index (κ2) is 12.2. The fourth-order valence-electron chi connectivity index (χ4n) is 3.07. The summed E-state index contributed by atoms with van der Waals surface area (Å²) in [4.78, 5) is 12.7. The van der Waals surface area contributed by atoms with Crippen LogP contribution in [0.3, 0.4) is 0 Å². The molecular formula is C24H23BrClN3O5S. The summed E-state index contributed by atoms with van der Waals surface area (Å²) in [5.74, 6) is 0.506. The molecular weight excluding hydrogens is 558 g/mol. The number of nitrogens with zero attached hydrogens (tertiary/aromatic N) is 2. The first kappa shape index (κ1) is 26.7. The molecule has 3 aromatic rings. The van der Waals surface area contributed by atoms with Gasteiger partial charge < -0.3 is 9.47 Å². The normalized spacial score (nSPS) is 11.6. The van der Waals surface area contributed by atoms with Crippen molar-refractivity contribution in [3.05, 3.63) is 87.4 Å². The molecule has 0 unspecified atom stereocenters. The molecule has 0 aliphatic carbocycles. The topological polar surface area (TPSA) is 97.3 Å². The van der Waals surface area contributed by atoms with Gasteiger partial charge in [-0.1, -0.05) is 39.7 Å². The second-order valence-corrected chi connectivity index (χ2v) is 10.5. The summed E-state index contributed by atoms with van der Waals surface area (Å²) >= 11 is 9.25. The first-order valence-electron chi connectivity index (χ1n) is 10.3. The van der Waals surface area contributed by atoms with Crippen molar-refractivity contribution in [2.75, 3.05) is 20.8 Å². The maximum absolute atomic E-state index is 13.3. The average Bonchev–Trinajstić information content (AvgIpc) is 2.85. The van der Waals surface area contributed by atoms with E-state index in [0.717, 1.165) is 8.78 Å². The number of methoxy groups -OCH3 is 2. The highest BCUT2D eigenvalue weighted by atomic mass is 79.9. The van der Waals surface area contributed by atoms with Crippen LogP contribution in [-0.2, 0) is 21.4 Å². The Bertz CT molecular complexity index is 1300. The van der Waals surface area contributed by atoms with Gasteiger partial charge in [-0.2, -0.15) is 9.41 Å². The van der Waals surface area contributed by atoms with Gasteiger partial charge in [0.1, 0.15) is 11.5 Å². The van der Waals surface area contributed by atoms with Crippen LogP contribution in [0.4, 0.5) is 0 Å². The van der Waals surface area contributed by atoms with Gasteiger partial charge in [0, 0.05) is 27.7 Å². The van der Waals surface area contributed by atoms with Crippen molar-refractivity contribution in [1.82, 2.24) is 9.73 Å². The molecule has 3 rings (SSSR count). The Morgan fingerprint density at radius 3 is 2.37 bits per heavy atom. The molecule has 3 aromatic carbocycles. The summed E-state index contributed by atoms with van der Waals surface area (Å²) in [5.41, 5.74) is 3.66. The van der Waals surface area contributed by atoms with Crippen molar-refractivity contribution in [3.63, 3.8) is 0 Å². The molecule has 0 saturated heterocycles. The van der Waals surface area contributed by atoms with Gasteiger partial charge in [0.05, 0.1) is 31.9 Å². The summed E-state index contributed by atoms with van der Waals surface area (Å²) in [5, 5.41) is 4.48. The van der Waals surface area contributed by atoms with Crippen LogP contribution < -0.4 is 14.9 Å². The van der Waals surface area contributed by atoms with Gasteiger partial charge in [-0.05, 0) is 54.1 Å². The summed E-state index contributed by atoms with van der Waals surface area (Å²) in [7, 11) is -0.935. The summed E-state index contributed by atoms with van der Waals surface area (Å²) < 4.78 is 38.9. The third-order valence-corrected chi connectivity index (χ3v) is 7.46. The lowest BCUT2D eigenvalue weighted by molar-refractivity contribution is -0.121. The number of hydrogen-bond donors (Lipinski definition) is 1. The minimum Gasteiger partial charge on any atom is -0.497 e. The SMILES string of the molecule is COc1ccc(/C=N\NC(=O)CN(Cc2ccc(Cl)cc2)S(=O)(=O)c2ccc(Br)cc2)c(OC)c1. The monoisotopic (exact) mass is 579 g/mol. The van der Waals surface area contributed by atoms with Gasteiger partial charge in [-0.25, -0.2) is 13.8 Å². The largest absolute Gasteiger partial charge is 0.497 e. The maximum atomic E-state index is 13.3. The standard InChI is InChI=1S/C24H23BrClN3O5S/c1-33-21-10-5-18(23(13-21)34-2)14-27-28-24(30)16-29(15-17-3-8-20(26)9-4-17)35(31,32)22-11-6-19(25)7-12-22/h3-14H,15-16H2,1-2H3,(H,28,30)/b27-14-. The number of amides is 1. The van der Waals surface area contributed by atoms with E-state index in [0.29, 0.717) is 27.6 Å². The van der Waals surface area contributed by atoms with E-state index in [1.54, 1.807) is 61.7 Å². The van der Waals surface area contributed by atoms with Crippen LogP contribution in [0.25, 0.3) is 0 Å². The fourth-order valence-corrected chi connectivity index (χ4v) is 4.84. The highest BCUT2D eigenvalue weighted by Gasteiger charge is 2.27. The zero-order chi connectivity index (χ0) is 25.4. The van der Waals surface area contributed by atoms with Gasteiger partial charge in [-0.3, -0.25) is 4.79 Å². The van der Waals surface area contributed by atoms with E-state index in [-0.39, 0.29) is 11.4 Å². The molecule has 0 aromatic heterocycles. The number of sulfonamides is 1. The van der Waals surface area contributed by atoms with Crippen molar-refractivity contribution in [2.24, 2.45) is 5.10 Å². The Morgan fingerprint density at radius 1 is 1.06 bits per heavy atom. The second-order valence-electron chi connectivity index (χ2n) is 7.25. The van der Waals surface area contributed by atoms with Gasteiger partial charge in [0.15, 0.2) is 0 Å². The lowest BCUT2D eigenvalue weighted by atomic mass is 10.2. The first-order valence-corrected chi connectivity index (χ1v) is 12.9. The molecule has 1 N–H and O–H groups in total. The highest BCUT2D eigenvalue weighted by Crippen LogP contribution is 2.23. The summed E-state index contributed by atoms with van der Waals surface area (Å²) in [6, 6.07) is 18.1. The van der Waals surface area contributed by atoms with Gasteiger partial charge in [0.25, 0.3) is 5.91 Å². The Morgan fingerprint density at radius 2 is 1.74 bits per heavy atom. The minimum atomic E-state index is -3.98. The minimum absolute atomic E-state index is 0.0288. The van der Waals surface area contributed by atoms with Crippen LogP contribution in [0.2, 0.25) is 5.02 Å². The molecule has 35 heavy (non-hydrogen) atoms. The third kappa shape index (κ3) is 7.28. The summed E-state index contributed by atoms with van der Waals surface area (Å²) in [6.07, 6.45) is 1.41. The van der Waals surface area contributed by atoms with Crippen LogP contribution in [0.5, 0.6) is 11.5 Å². The predicted octanol–water partition coefficient (Wildman–Crippen LogP) is 4.46. The van der Waals surface area contributed by atoms with Gasteiger partial charge in [-0.15, -0.1) is 0 Å². The molecule has 184 valence electrons. The number of carbonyl (C=O) groups is 1. The van der Waals surface area contributed by atoms with Crippen molar-refractivity contribution >= 4 is 49.7 Å². The first-order chi connectivity index (χ1) is 16.7. The molecule has 0 aliphatic heterocycles. The van der Waals surface area contributed by atoms with E-state index in [1.807, 2.05) is 0 Å². The molecule has 0 atom stereocenters. The molecule has 0 radical (unpaired) electrons. The molecule has 0 saturated carbocycles. The summed E-state index contributed by atoms with van der Waals surface area (Å²) in [6.45, 7) is -0.475. The fraction of sp³-hybridized carbons (Fsp3) is 0.167. The van der Waals surface area contributed by atoms with Crippen LogP contribution in [0.15, 0.2) is 81.2 Å². The zero-order valence-electron chi connectivity index (χ0n) is 18.9. The lowest BCUT2D eigenvalue weighted by Crippen LogP contribution is -2.39. The van der Waals surface area contributed by atoms with Crippen LogP contribution in [-0.4, -0.2) is 45.6 Å². The van der Waals surface area contributed by atoms with Crippen LogP contribution >= 0.6 is 27.5 Å². The highest BCUT2D eigenvalue weighted by molar-refractivity contribution is 9.10. The lowest BCUT2D eigenvalue weighted by Gasteiger charge is -2.21. The van der Waals surface area contributed by atoms with E-state index in [4.69, 9.17) is 21.1 Å². The van der Waals surface area contributed by atoms with Crippen molar-refractivity contribution in [3.8, 4) is 11.5 Å². The Labute approximate surface area is 217 Å². The van der Waals surface area contributed by atoms with Crippen molar-refractivity contribution in [1.29, 1.82) is 0 Å². The smallest absolute Gasteiger partial charge is 0.255 e. The number of ether oxygens (including phenoxy) is 2. The number of rotatable bonds is 10. The van der Waals surface area contributed by atoms with E-state index in [1.165, 1.54) is 25.5 Å². The van der Waals surface area contributed by atoms with E-state index in [2.05, 4.69) is 26.5 Å². The predicted molar refractivity (Wildman–Crippen MR) is 138 cm³/mol. The molecule has 0 heterocycles. The van der Waals surface area contributed by atoms with Crippen molar-refractivity contribution in [2.45, 2.75) is 11.4 Å². The maximum Gasteiger partial charge on any atom is 0.255 e. The number of halogens is 2. The van der Waals surface area contributed by atoms with E-state index < -0.39 is 22.5 Å². The average molecular weight is 581 g/mol. The quantitative estimate of drug-likeness (QED) is 0.282. The number of hydrazone groups is 1. The van der Waals surface area contributed by atoms with E-state index >= 15 is 0 Å². The molecule has 11 heteroatoms. The Balaban J connectivity index is 1.79. The van der Waals surface area contributed by atoms with Gasteiger partial charge in [0.2, 0.25) is 10.0 Å². The number of benzene rings is 3. The Kier molecular flexibility index (Phi) is 9.27. The number of hydrogen-bond acceptors (Lipinski definition) is 6. The van der Waals surface area contributed by atoms with Crippen molar-refractivity contribution < 1.29 is 22.7 Å². The third-order valence-electron chi connectivity index (χ3n) is 4.88. The number of nitrogens with one attached hydrogen (secondary N) is 1. The van der Waals surface area contributed by atoms with Crippen LogP contribution in [0, 0.1) is 0 Å². The Hall–Kier alpha value is -2.92. The van der Waals surface area contributed by atoms with Crippen LogP contribution in [0.1, 0.15) is 11.1 Å². The van der Waals surface area contributed by atoms with Gasteiger partial charge >= 0.3 is 0 Å². The molecule has 0 spiro atoms. The molecule has 0 bridgehead atoms. The zero-order valence-corrected chi connectivity index (χ0v) is 22.1. The molecule has 1 amide bonds. The number of carbonyl (C=O) groups excluding carboxylic acids is 1. The molecule has 0 aliphatic rings. The van der Waals surface area contributed by atoms with E-state index in [9.17, 15) is 13.2 Å².